The van der Waals surface area contributed by atoms with Gasteiger partial charge in [-0.2, -0.15) is 5.26 Å². The van der Waals surface area contributed by atoms with Crippen LogP contribution in [0.5, 0.6) is 11.5 Å². The van der Waals surface area contributed by atoms with Crippen LogP contribution in [0.4, 0.5) is 0 Å². The van der Waals surface area contributed by atoms with Crippen molar-refractivity contribution < 1.29 is 19.4 Å². The van der Waals surface area contributed by atoms with Gasteiger partial charge in [0.25, 0.3) is 5.56 Å². The van der Waals surface area contributed by atoms with Gasteiger partial charge in [0, 0.05) is 18.5 Å². The maximum atomic E-state index is 13.2. The Labute approximate surface area is 170 Å². The van der Waals surface area contributed by atoms with Crippen LogP contribution in [0.2, 0.25) is 0 Å². The van der Waals surface area contributed by atoms with Crippen LogP contribution in [0.1, 0.15) is 28.1 Å². The molecule has 9 heteroatoms. The molecule has 3 rings (SSSR count). The topological polar surface area (TPSA) is 114 Å². The fraction of sp³-hybridized carbons (Fsp3) is 0.300. The predicted molar refractivity (Wildman–Crippen MR) is 109 cm³/mol. The standard InChI is InChI=1S/C20H19N3O5S/c1-11-15-18(29-16(11)20(25)26)22-17(23(19(15)24)9-5-4-8-21)12-6-7-13(27-2)14(10-12)28-3/h6-7,10H,4-5,9H2,1-3H3,(H,25,26). The van der Waals surface area contributed by atoms with Crippen LogP contribution in [-0.2, 0) is 6.54 Å². The van der Waals surface area contributed by atoms with Crippen LogP contribution in [0.3, 0.4) is 0 Å². The lowest BCUT2D eigenvalue weighted by Gasteiger charge is -2.14. The van der Waals surface area contributed by atoms with E-state index in [9.17, 15) is 14.7 Å². The van der Waals surface area contributed by atoms with Crippen molar-refractivity contribution in [2.24, 2.45) is 0 Å². The fourth-order valence-electron chi connectivity index (χ4n) is 3.14. The number of hydrogen-bond acceptors (Lipinski definition) is 7. The highest BCUT2D eigenvalue weighted by Crippen LogP contribution is 2.33. The number of benzene rings is 1. The SMILES string of the molecule is COc1ccc(-c2nc3sc(C(=O)O)c(C)c3c(=O)n2CCCC#N)cc1OC. The summed E-state index contributed by atoms with van der Waals surface area (Å²) in [5, 5.41) is 18.6. The molecule has 0 aliphatic heterocycles. The Kier molecular flexibility index (Phi) is 5.84. The molecule has 0 fully saturated rings. The number of thiophene rings is 1. The van der Waals surface area contributed by atoms with Crippen molar-refractivity contribution in [3.05, 3.63) is 39.0 Å². The summed E-state index contributed by atoms with van der Waals surface area (Å²) < 4.78 is 12.1. The summed E-state index contributed by atoms with van der Waals surface area (Å²) in [5.74, 6) is 0.320. The first kappa shape index (κ1) is 20.4. The van der Waals surface area contributed by atoms with Gasteiger partial charge >= 0.3 is 5.97 Å². The molecule has 0 spiro atoms. The molecule has 0 unspecified atom stereocenters. The van der Waals surface area contributed by atoms with Gasteiger partial charge in [0.05, 0.1) is 25.7 Å². The molecule has 1 N–H and O–H groups in total. The van der Waals surface area contributed by atoms with Crippen LogP contribution in [0, 0.1) is 18.3 Å². The number of nitrogens with zero attached hydrogens (tertiary/aromatic N) is 3. The molecule has 0 amide bonds. The van der Waals surface area contributed by atoms with E-state index in [4.69, 9.17) is 14.7 Å². The molecule has 2 aromatic heterocycles. The molecule has 0 bridgehead atoms. The largest absolute Gasteiger partial charge is 0.493 e. The number of unbranched alkanes of at least 4 members (excludes halogenated alkanes) is 1. The van der Waals surface area contributed by atoms with E-state index in [1.54, 1.807) is 25.1 Å². The lowest BCUT2D eigenvalue weighted by atomic mass is 10.1. The highest BCUT2D eigenvalue weighted by Gasteiger charge is 2.22. The lowest BCUT2D eigenvalue weighted by molar-refractivity contribution is 0.0701. The third kappa shape index (κ3) is 3.67. The van der Waals surface area contributed by atoms with Crippen LogP contribution in [0.15, 0.2) is 23.0 Å². The van der Waals surface area contributed by atoms with Gasteiger partial charge in [0.1, 0.15) is 15.5 Å². The number of carboxylic acid groups (broad SMARTS) is 1. The van der Waals surface area contributed by atoms with Gasteiger partial charge in [-0.15, -0.1) is 11.3 Å². The molecule has 0 aliphatic rings. The number of aryl methyl sites for hydroxylation is 1. The van der Waals surface area contributed by atoms with Gasteiger partial charge in [-0.05, 0) is 37.1 Å². The number of ether oxygens (including phenoxy) is 2. The van der Waals surface area contributed by atoms with Crippen LogP contribution < -0.4 is 15.0 Å². The zero-order chi connectivity index (χ0) is 21.1. The van der Waals surface area contributed by atoms with Gasteiger partial charge in [-0.1, -0.05) is 0 Å². The van der Waals surface area contributed by atoms with Crippen molar-refractivity contribution in [2.75, 3.05) is 14.2 Å². The van der Waals surface area contributed by atoms with Gasteiger partial charge in [-0.3, -0.25) is 9.36 Å². The van der Waals surface area contributed by atoms with Gasteiger partial charge in [0.2, 0.25) is 0 Å². The maximum Gasteiger partial charge on any atom is 0.346 e. The van der Waals surface area contributed by atoms with Crippen molar-refractivity contribution in [1.82, 2.24) is 9.55 Å². The van der Waals surface area contributed by atoms with Gasteiger partial charge < -0.3 is 14.6 Å². The lowest BCUT2D eigenvalue weighted by Crippen LogP contribution is -2.23. The van der Waals surface area contributed by atoms with E-state index in [0.717, 1.165) is 11.3 Å². The van der Waals surface area contributed by atoms with E-state index in [1.807, 2.05) is 0 Å². The minimum Gasteiger partial charge on any atom is -0.493 e. The average Bonchev–Trinajstić information content (AvgIpc) is 3.06. The van der Waals surface area contributed by atoms with E-state index in [1.165, 1.54) is 18.8 Å². The van der Waals surface area contributed by atoms with Crippen LogP contribution >= 0.6 is 11.3 Å². The molecular formula is C20H19N3O5S. The molecule has 0 aliphatic carbocycles. The van der Waals surface area contributed by atoms with Crippen LogP contribution in [0.25, 0.3) is 21.6 Å². The third-order valence-corrected chi connectivity index (χ3v) is 5.73. The number of fused-ring (bicyclic) bond motifs is 1. The third-order valence-electron chi connectivity index (χ3n) is 4.56. The second-order valence-corrected chi connectivity index (χ2v) is 7.26. The number of rotatable bonds is 7. The Morgan fingerprint density at radius 1 is 1.31 bits per heavy atom. The molecule has 0 radical (unpaired) electrons. The van der Waals surface area contributed by atoms with Crippen LogP contribution in [-0.4, -0.2) is 34.8 Å². The molecule has 29 heavy (non-hydrogen) atoms. The molecule has 0 atom stereocenters. The second-order valence-electron chi connectivity index (χ2n) is 6.27. The number of aromatic nitrogens is 2. The second kappa shape index (κ2) is 8.32. The summed E-state index contributed by atoms with van der Waals surface area (Å²) in [6, 6.07) is 7.26. The molecule has 3 aromatic rings. The van der Waals surface area contributed by atoms with Crippen molar-refractivity contribution >= 4 is 27.5 Å². The van der Waals surface area contributed by atoms with Gasteiger partial charge in [0.15, 0.2) is 11.5 Å². The number of carboxylic acids is 1. The number of hydrogen-bond donors (Lipinski definition) is 1. The summed E-state index contributed by atoms with van der Waals surface area (Å²) in [5.41, 5.74) is 0.711. The Morgan fingerprint density at radius 3 is 2.66 bits per heavy atom. The van der Waals surface area contributed by atoms with Crippen molar-refractivity contribution in [3.8, 4) is 29.0 Å². The Hall–Kier alpha value is -3.38. The van der Waals surface area contributed by atoms with Crippen molar-refractivity contribution in [1.29, 1.82) is 5.26 Å². The quantitative estimate of drug-likeness (QED) is 0.590. The smallest absolute Gasteiger partial charge is 0.346 e. The first-order chi connectivity index (χ1) is 13.9. The zero-order valence-corrected chi connectivity index (χ0v) is 17.0. The summed E-state index contributed by atoms with van der Waals surface area (Å²) in [6.07, 6.45) is 0.762. The minimum absolute atomic E-state index is 0.0950. The summed E-state index contributed by atoms with van der Waals surface area (Å²) >= 11 is 0.977. The van der Waals surface area contributed by atoms with Gasteiger partial charge in [-0.25, -0.2) is 9.78 Å². The Balaban J connectivity index is 2.29. The fourth-order valence-corrected chi connectivity index (χ4v) is 4.15. The normalized spacial score (nSPS) is 10.7. The summed E-state index contributed by atoms with van der Waals surface area (Å²) in [4.78, 5) is 29.8. The molecule has 1 aromatic carbocycles. The average molecular weight is 413 g/mol. The van der Waals surface area contributed by atoms with Crippen molar-refractivity contribution in [3.63, 3.8) is 0 Å². The Bertz CT molecular complexity index is 1190. The highest BCUT2D eigenvalue weighted by molar-refractivity contribution is 7.20. The first-order valence-electron chi connectivity index (χ1n) is 8.79. The highest BCUT2D eigenvalue weighted by atomic mass is 32.1. The summed E-state index contributed by atoms with van der Waals surface area (Å²) in [6.45, 7) is 1.90. The molecular weight excluding hydrogens is 394 g/mol. The van der Waals surface area contributed by atoms with E-state index >= 15 is 0 Å². The van der Waals surface area contributed by atoms with E-state index in [0.29, 0.717) is 51.5 Å². The first-order valence-corrected chi connectivity index (χ1v) is 9.61. The molecule has 150 valence electrons. The minimum atomic E-state index is -1.09. The maximum absolute atomic E-state index is 13.2. The number of nitriles is 1. The number of methoxy groups -OCH3 is 2. The molecule has 8 nitrogen and oxygen atoms in total. The van der Waals surface area contributed by atoms with E-state index in [2.05, 4.69) is 11.1 Å². The predicted octanol–water partition coefficient (Wildman–Crippen LogP) is 3.45. The zero-order valence-electron chi connectivity index (χ0n) is 16.2. The van der Waals surface area contributed by atoms with Crippen molar-refractivity contribution in [2.45, 2.75) is 26.3 Å². The molecule has 0 saturated carbocycles. The Morgan fingerprint density at radius 2 is 2.03 bits per heavy atom. The molecule has 0 saturated heterocycles. The molecule has 2 heterocycles. The monoisotopic (exact) mass is 413 g/mol. The van der Waals surface area contributed by atoms with E-state index in [-0.39, 0.29) is 17.0 Å². The number of carbonyl (C=O) groups is 1. The van der Waals surface area contributed by atoms with E-state index < -0.39 is 5.97 Å². The summed E-state index contributed by atoms with van der Waals surface area (Å²) in [7, 11) is 3.04. The number of aromatic carboxylic acids is 1.